The summed E-state index contributed by atoms with van der Waals surface area (Å²) in [5.74, 6) is -0.0759. The van der Waals surface area contributed by atoms with E-state index in [1.165, 1.54) is 0 Å². The molecular formula is C10H15N5O2. The summed E-state index contributed by atoms with van der Waals surface area (Å²) in [4.78, 5) is 13.0. The Morgan fingerprint density at radius 3 is 2.88 bits per heavy atom. The van der Waals surface area contributed by atoms with Gasteiger partial charge in [0.2, 0.25) is 0 Å². The molecular weight excluding hydrogens is 222 g/mol. The van der Waals surface area contributed by atoms with E-state index in [9.17, 15) is 4.79 Å². The van der Waals surface area contributed by atoms with Crippen LogP contribution in [0.25, 0.3) is 0 Å². The fourth-order valence-electron chi connectivity index (χ4n) is 2.30. The van der Waals surface area contributed by atoms with E-state index in [1.54, 1.807) is 0 Å². The van der Waals surface area contributed by atoms with Crippen LogP contribution in [0.5, 0.6) is 0 Å². The number of rotatable bonds is 4. The van der Waals surface area contributed by atoms with Crippen molar-refractivity contribution in [1.29, 1.82) is 0 Å². The van der Waals surface area contributed by atoms with E-state index >= 15 is 0 Å². The number of nitrogens with zero attached hydrogens (tertiary/aromatic N) is 5. The summed E-state index contributed by atoms with van der Waals surface area (Å²) in [5, 5.41) is 20.6. The number of carboxylic acid groups (broad SMARTS) is 1. The van der Waals surface area contributed by atoms with Crippen molar-refractivity contribution in [3.8, 4) is 0 Å². The minimum atomic E-state index is -0.700. The van der Waals surface area contributed by atoms with Crippen molar-refractivity contribution in [2.45, 2.75) is 31.8 Å². The van der Waals surface area contributed by atoms with Crippen molar-refractivity contribution < 1.29 is 9.90 Å². The third-order valence-corrected chi connectivity index (χ3v) is 3.44. The number of tetrazole rings is 1. The maximum atomic E-state index is 10.9. The zero-order chi connectivity index (χ0) is 11.8. The highest BCUT2D eigenvalue weighted by Crippen LogP contribution is 2.34. The molecule has 1 aromatic rings. The van der Waals surface area contributed by atoms with Crippen LogP contribution in [0.15, 0.2) is 0 Å². The van der Waals surface area contributed by atoms with E-state index < -0.39 is 5.97 Å². The van der Waals surface area contributed by atoms with Gasteiger partial charge in [-0.1, -0.05) is 0 Å². The van der Waals surface area contributed by atoms with E-state index in [1.807, 2.05) is 4.68 Å². The molecule has 1 aliphatic carbocycles. The zero-order valence-electron chi connectivity index (χ0n) is 9.49. The summed E-state index contributed by atoms with van der Waals surface area (Å²) in [6.45, 7) is 2.08. The molecule has 2 heterocycles. The van der Waals surface area contributed by atoms with Gasteiger partial charge in [0.15, 0.2) is 5.82 Å². The van der Waals surface area contributed by atoms with Crippen LogP contribution < -0.4 is 0 Å². The van der Waals surface area contributed by atoms with Gasteiger partial charge in [-0.3, -0.25) is 9.69 Å². The second kappa shape index (κ2) is 4.06. The summed E-state index contributed by atoms with van der Waals surface area (Å²) >= 11 is 0. The first-order valence-corrected chi connectivity index (χ1v) is 5.96. The number of carboxylic acids is 1. The Labute approximate surface area is 98.4 Å². The standard InChI is InChI=1S/C10H15N5O2/c16-10(17)7-3-4-14(5-7)6-9-11-12-13-15(9)8-1-2-8/h7-8H,1-6H2,(H,16,17)/t7-/m1/s1. The maximum Gasteiger partial charge on any atom is 0.307 e. The van der Waals surface area contributed by atoms with Crippen molar-refractivity contribution in [2.24, 2.45) is 5.92 Å². The largest absolute Gasteiger partial charge is 0.481 e. The Balaban J connectivity index is 1.63. The van der Waals surface area contributed by atoms with E-state index in [2.05, 4.69) is 20.4 Å². The SMILES string of the molecule is O=C(O)[C@@H]1CCN(Cc2nnnn2C2CC2)C1. The number of aliphatic carboxylic acids is 1. The normalized spacial score (nSPS) is 25.3. The van der Waals surface area contributed by atoms with Gasteiger partial charge in [-0.25, -0.2) is 4.68 Å². The fourth-order valence-corrected chi connectivity index (χ4v) is 2.30. The number of likely N-dealkylation sites (tertiary alicyclic amines) is 1. The molecule has 1 N–H and O–H groups in total. The molecule has 3 rings (SSSR count). The minimum absolute atomic E-state index is 0.236. The van der Waals surface area contributed by atoms with E-state index in [-0.39, 0.29) is 5.92 Å². The summed E-state index contributed by atoms with van der Waals surface area (Å²) < 4.78 is 1.88. The van der Waals surface area contributed by atoms with Crippen LogP contribution in [0, 0.1) is 5.92 Å². The Bertz CT molecular complexity index is 428. The second-order valence-electron chi connectivity index (χ2n) is 4.83. The molecule has 1 saturated carbocycles. The fraction of sp³-hybridized carbons (Fsp3) is 0.800. The summed E-state index contributed by atoms with van der Waals surface area (Å²) in [7, 11) is 0. The number of hydrogen-bond donors (Lipinski definition) is 1. The molecule has 1 aliphatic heterocycles. The lowest BCUT2D eigenvalue weighted by molar-refractivity contribution is -0.141. The van der Waals surface area contributed by atoms with Crippen molar-refractivity contribution in [3.63, 3.8) is 0 Å². The van der Waals surface area contributed by atoms with Gasteiger partial charge in [0.1, 0.15) is 0 Å². The predicted octanol–water partition coefficient (Wildman–Crippen LogP) is -0.0855. The molecule has 7 heteroatoms. The molecule has 0 amide bonds. The highest BCUT2D eigenvalue weighted by atomic mass is 16.4. The van der Waals surface area contributed by atoms with E-state index in [0.717, 1.165) is 31.6 Å². The van der Waals surface area contributed by atoms with Gasteiger partial charge in [0.05, 0.1) is 18.5 Å². The molecule has 0 spiro atoms. The molecule has 2 aliphatic rings. The van der Waals surface area contributed by atoms with Gasteiger partial charge in [0.25, 0.3) is 0 Å². The molecule has 0 aromatic carbocycles. The van der Waals surface area contributed by atoms with Crippen LogP contribution in [0.4, 0.5) is 0 Å². The number of aromatic nitrogens is 4. The van der Waals surface area contributed by atoms with E-state index in [4.69, 9.17) is 5.11 Å². The summed E-state index contributed by atoms with van der Waals surface area (Å²) in [6, 6.07) is 0.470. The monoisotopic (exact) mass is 237 g/mol. The molecule has 2 fully saturated rings. The van der Waals surface area contributed by atoms with Gasteiger partial charge in [-0.2, -0.15) is 0 Å². The Morgan fingerprint density at radius 2 is 2.24 bits per heavy atom. The lowest BCUT2D eigenvalue weighted by Crippen LogP contribution is -2.24. The molecule has 7 nitrogen and oxygen atoms in total. The maximum absolute atomic E-state index is 10.9. The average Bonchev–Trinajstić information content (AvgIpc) is 2.86. The van der Waals surface area contributed by atoms with Gasteiger partial charge >= 0.3 is 5.97 Å². The third kappa shape index (κ3) is 2.14. The predicted molar refractivity (Wildman–Crippen MR) is 57.1 cm³/mol. The minimum Gasteiger partial charge on any atom is -0.481 e. The average molecular weight is 237 g/mol. The molecule has 1 atom stereocenters. The van der Waals surface area contributed by atoms with Crippen LogP contribution in [0.2, 0.25) is 0 Å². The van der Waals surface area contributed by atoms with E-state index in [0.29, 0.717) is 19.1 Å². The lowest BCUT2D eigenvalue weighted by atomic mass is 10.1. The Morgan fingerprint density at radius 1 is 1.41 bits per heavy atom. The highest BCUT2D eigenvalue weighted by Gasteiger charge is 2.31. The smallest absolute Gasteiger partial charge is 0.307 e. The Hall–Kier alpha value is -1.50. The molecule has 1 aromatic heterocycles. The first-order chi connectivity index (χ1) is 8.24. The molecule has 17 heavy (non-hydrogen) atoms. The van der Waals surface area contributed by atoms with Gasteiger partial charge in [0, 0.05) is 6.54 Å². The van der Waals surface area contributed by atoms with Crippen molar-refractivity contribution in [2.75, 3.05) is 13.1 Å². The first kappa shape index (κ1) is 10.6. The molecule has 0 unspecified atom stereocenters. The van der Waals surface area contributed by atoms with Gasteiger partial charge in [-0.15, -0.1) is 5.10 Å². The molecule has 92 valence electrons. The van der Waals surface area contributed by atoms with Crippen LogP contribution in [0.1, 0.15) is 31.1 Å². The molecule has 0 radical (unpaired) electrons. The van der Waals surface area contributed by atoms with Crippen LogP contribution >= 0.6 is 0 Å². The first-order valence-electron chi connectivity index (χ1n) is 5.96. The lowest BCUT2D eigenvalue weighted by Gasteiger charge is -2.14. The summed E-state index contributed by atoms with van der Waals surface area (Å²) in [6.07, 6.45) is 3.02. The van der Waals surface area contributed by atoms with Crippen LogP contribution in [0.3, 0.4) is 0 Å². The number of hydrogen-bond acceptors (Lipinski definition) is 5. The zero-order valence-corrected chi connectivity index (χ0v) is 9.49. The van der Waals surface area contributed by atoms with Gasteiger partial charge < -0.3 is 5.11 Å². The van der Waals surface area contributed by atoms with Crippen molar-refractivity contribution in [1.82, 2.24) is 25.1 Å². The van der Waals surface area contributed by atoms with Gasteiger partial charge in [-0.05, 0) is 36.2 Å². The highest BCUT2D eigenvalue weighted by molar-refractivity contribution is 5.70. The topological polar surface area (TPSA) is 84.1 Å². The summed E-state index contributed by atoms with van der Waals surface area (Å²) in [5.41, 5.74) is 0. The molecule has 1 saturated heterocycles. The van der Waals surface area contributed by atoms with Crippen LogP contribution in [-0.4, -0.2) is 49.3 Å². The Kier molecular flexibility index (Phi) is 2.54. The quantitative estimate of drug-likeness (QED) is 0.788. The van der Waals surface area contributed by atoms with Crippen molar-refractivity contribution in [3.05, 3.63) is 5.82 Å². The van der Waals surface area contributed by atoms with Crippen molar-refractivity contribution >= 4 is 5.97 Å². The van der Waals surface area contributed by atoms with Crippen LogP contribution in [-0.2, 0) is 11.3 Å². The third-order valence-electron chi connectivity index (χ3n) is 3.44. The number of carbonyl (C=O) groups is 1. The molecule has 0 bridgehead atoms. The second-order valence-corrected chi connectivity index (χ2v) is 4.83.